The fourth-order valence-corrected chi connectivity index (χ4v) is 3.40. The second kappa shape index (κ2) is 7.55. The van der Waals surface area contributed by atoms with E-state index in [-0.39, 0.29) is 17.9 Å². The number of amides is 2. The number of aryl methyl sites for hydroxylation is 1. The van der Waals surface area contributed by atoms with Crippen molar-refractivity contribution in [3.8, 4) is 0 Å². The Labute approximate surface area is 148 Å². The van der Waals surface area contributed by atoms with Crippen LogP contribution in [0, 0.1) is 6.92 Å². The maximum Gasteiger partial charge on any atom is 0.254 e. The molecule has 5 nitrogen and oxygen atoms in total. The van der Waals surface area contributed by atoms with Crippen LogP contribution in [-0.4, -0.2) is 22.8 Å². The minimum atomic E-state index is -0.143. The summed E-state index contributed by atoms with van der Waals surface area (Å²) < 4.78 is 5.45. The van der Waals surface area contributed by atoms with Gasteiger partial charge in [-0.3, -0.25) is 9.59 Å². The van der Waals surface area contributed by atoms with Crippen molar-refractivity contribution in [2.75, 3.05) is 5.32 Å². The Morgan fingerprint density at radius 2 is 2.00 bits per heavy atom. The maximum absolute atomic E-state index is 13.2. The van der Waals surface area contributed by atoms with Gasteiger partial charge in [0.15, 0.2) is 0 Å². The quantitative estimate of drug-likeness (QED) is 0.890. The van der Waals surface area contributed by atoms with Gasteiger partial charge in [0, 0.05) is 24.2 Å². The summed E-state index contributed by atoms with van der Waals surface area (Å²) >= 11 is 0. The van der Waals surface area contributed by atoms with Crippen molar-refractivity contribution in [1.29, 1.82) is 0 Å². The van der Waals surface area contributed by atoms with Gasteiger partial charge >= 0.3 is 0 Å². The molecule has 2 amide bonds. The Kier molecular flexibility index (Phi) is 5.22. The maximum atomic E-state index is 13.2. The number of carbonyl (C=O) groups excluding carboxylic acids is 2. The highest BCUT2D eigenvalue weighted by atomic mass is 16.3. The largest absolute Gasteiger partial charge is 0.467 e. The SMILES string of the molecule is CC(=O)Nc1cc(C(=O)N(Cc2ccco2)C2CCCC2)ccc1C. The van der Waals surface area contributed by atoms with Gasteiger partial charge in [0.25, 0.3) is 5.91 Å². The first kappa shape index (κ1) is 17.3. The van der Waals surface area contributed by atoms with E-state index in [0.29, 0.717) is 17.8 Å². The summed E-state index contributed by atoms with van der Waals surface area (Å²) in [5.41, 5.74) is 2.21. The molecule has 1 heterocycles. The molecule has 1 fully saturated rings. The van der Waals surface area contributed by atoms with Crippen LogP contribution in [0.1, 0.15) is 54.3 Å². The van der Waals surface area contributed by atoms with Gasteiger partial charge in [-0.15, -0.1) is 0 Å². The van der Waals surface area contributed by atoms with Gasteiger partial charge in [-0.25, -0.2) is 0 Å². The monoisotopic (exact) mass is 340 g/mol. The summed E-state index contributed by atoms with van der Waals surface area (Å²) in [6.45, 7) is 3.85. The van der Waals surface area contributed by atoms with Gasteiger partial charge in [-0.1, -0.05) is 18.9 Å². The minimum Gasteiger partial charge on any atom is -0.467 e. The van der Waals surface area contributed by atoms with Crippen molar-refractivity contribution in [3.63, 3.8) is 0 Å². The van der Waals surface area contributed by atoms with Crippen LogP contribution in [0.2, 0.25) is 0 Å². The van der Waals surface area contributed by atoms with Crippen LogP contribution < -0.4 is 5.32 Å². The summed E-state index contributed by atoms with van der Waals surface area (Å²) in [4.78, 5) is 26.5. The van der Waals surface area contributed by atoms with Gasteiger partial charge < -0.3 is 14.6 Å². The average molecular weight is 340 g/mol. The molecule has 1 aliphatic carbocycles. The Hall–Kier alpha value is -2.56. The van der Waals surface area contributed by atoms with Crippen LogP contribution in [0.15, 0.2) is 41.0 Å². The minimum absolute atomic E-state index is 0.0186. The van der Waals surface area contributed by atoms with Crippen molar-refractivity contribution in [3.05, 3.63) is 53.5 Å². The molecule has 2 aromatic rings. The number of nitrogens with zero attached hydrogens (tertiary/aromatic N) is 1. The van der Waals surface area contributed by atoms with E-state index in [1.54, 1.807) is 12.3 Å². The molecule has 1 aromatic heterocycles. The number of benzene rings is 1. The second-order valence-electron chi connectivity index (χ2n) is 6.66. The lowest BCUT2D eigenvalue weighted by molar-refractivity contribution is -0.114. The second-order valence-corrected chi connectivity index (χ2v) is 6.66. The number of furan rings is 1. The summed E-state index contributed by atoms with van der Waals surface area (Å²) in [6.07, 6.45) is 5.98. The van der Waals surface area contributed by atoms with Crippen molar-refractivity contribution < 1.29 is 14.0 Å². The van der Waals surface area contributed by atoms with Crippen LogP contribution in [0.4, 0.5) is 5.69 Å². The zero-order valence-corrected chi connectivity index (χ0v) is 14.7. The van der Waals surface area contributed by atoms with Crippen molar-refractivity contribution in [2.24, 2.45) is 0 Å². The Bertz CT molecular complexity index is 746. The zero-order valence-electron chi connectivity index (χ0n) is 14.7. The lowest BCUT2D eigenvalue weighted by atomic mass is 10.1. The fraction of sp³-hybridized carbons (Fsp3) is 0.400. The molecule has 0 aliphatic heterocycles. The van der Waals surface area contributed by atoms with Crippen molar-refractivity contribution in [1.82, 2.24) is 4.90 Å². The molecule has 0 saturated heterocycles. The van der Waals surface area contributed by atoms with Crippen LogP contribution in [-0.2, 0) is 11.3 Å². The van der Waals surface area contributed by atoms with Gasteiger partial charge in [-0.2, -0.15) is 0 Å². The normalized spacial score (nSPS) is 14.5. The third-order valence-electron chi connectivity index (χ3n) is 4.73. The number of carbonyl (C=O) groups is 2. The lowest BCUT2D eigenvalue weighted by Crippen LogP contribution is -2.38. The fourth-order valence-electron chi connectivity index (χ4n) is 3.40. The molecule has 1 aliphatic rings. The van der Waals surface area contributed by atoms with E-state index in [4.69, 9.17) is 4.42 Å². The van der Waals surface area contributed by atoms with Gasteiger partial charge in [0.2, 0.25) is 5.91 Å². The van der Waals surface area contributed by atoms with E-state index in [0.717, 1.165) is 37.0 Å². The Morgan fingerprint density at radius 3 is 2.64 bits per heavy atom. The lowest BCUT2D eigenvalue weighted by Gasteiger charge is -2.28. The number of hydrogen-bond acceptors (Lipinski definition) is 3. The average Bonchev–Trinajstić information content (AvgIpc) is 3.27. The number of rotatable bonds is 5. The zero-order chi connectivity index (χ0) is 17.8. The molecule has 0 atom stereocenters. The predicted octanol–water partition coefficient (Wildman–Crippen LogP) is 4.13. The van der Waals surface area contributed by atoms with Crippen LogP contribution in [0.3, 0.4) is 0 Å². The third kappa shape index (κ3) is 4.10. The molecule has 0 bridgehead atoms. The first-order valence-electron chi connectivity index (χ1n) is 8.76. The van der Waals surface area contributed by atoms with Crippen LogP contribution >= 0.6 is 0 Å². The van der Waals surface area contributed by atoms with Gasteiger partial charge in [-0.05, 0) is 49.6 Å². The molecule has 132 valence electrons. The molecular weight excluding hydrogens is 316 g/mol. The smallest absolute Gasteiger partial charge is 0.254 e. The highest BCUT2D eigenvalue weighted by Gasteiger charge is 2.28. The first-order chi connectivity index (χ1) is 12.0. The molecule has 0 spiro atoms. The van der Waals surface area contributed by atoms with E-state index in [9.17, 15) is 9.59 Å². The highest BCUT2D eigenvalue weighted by molar-refractivity contribution is 5.97. The summed E-state index contributed by atoms with van der Waals surface area (Å²) in [6, 6.07) is 9.44. The predicted molar refractivity (Wildman–Crippen MR) is 96.3 cm³/mol. The number of anilines is 1. The molecular formula is C20H24N2O3. The molecule has 5 heteroatoms. The summed E-state index contributed by atoms with van der Waals surface area (Å²) in [5.74, 6) is 0.625. The third-order valence-corrected chi connectivity index (χ3v) is 4.73. The summed E-state index contributed by atoms with van der Waals surface area (Å²) in [5, 5.41) is 2.79. The molecule has 1 N–H and O–H groups in total. The van der Waals surface area contributed by atoms with Crippen LogP contribution in [0.25, 0.3) is 0 Å². The van der Waals surface area contributed by atoms with E-state index < -0.39 is 0 Å². The number of nitrogens with one attached hydrogen (secondary N) is 1. The molecule has 3 rings (SSSR count). The molecule has 25 heavy (non-hydrogen) atoms. The topological polar surface area (TPSA) is 62.6 Å². The van der Waals surface area contributed by atoms with Crippen molar-refractivity contribution in [2.45, 2.75) is 52.1 Å². The number of hydrogen-bond donors (Lipinski definition) is 1. The van der Waals surface area contributed by atoms with Crippen LogP contribution in [0.5, 0.6) is 0 Å². The van der Waals surface area contributed by atoms with Gasteiger partial charge in [0.05, 0.1) is 12.8 Å². The Morgan fingerprint density at radius 1 is 1.24 bits per heavy atom. The molecule has 1 aromatic carbocycles. The first-order valence-corrected chi connectivity index (χ1v) is 8.76. The molecule has 0 unspecified atom stereocenters. The molecule has 0 radical (unpaired) electrons. The van der Waals surface area contributed by atoms with E-state index in [1.165, 1.54) is 6.92 Å². The van der Waals surface area contributed by atoms with E-state index >= 15 is 0 Å². The van der Waals surface area contributed by atoms with E-state index in [2.05, 4.69) is 5.32 Å². The van der Waals surface area contributed by atoms with Gasteiger partial charge in [0.1, 0.15) is 5.76 Å². The highest BCUT2D eigenvalue weighted by Crippen LogP contribution is 2.27. The standard InChI is InChI=1S/C20H24N2O3/c1-14-9-10-16(12-19(14)21-15(2)23)20(24)22(17-6-3-4-7-17)13-18-8-5-11-25-18/h5,8-12,17H,3-4,6-7,13H2,1-2H3,(H,21,23). The Balaban J connectivity index is 1.87. The van der Waals surface area contributed by atoms with Crippen molar-refractivity contribution >= 4 is 17.5 Å². The van der Waals surface area contributed by atoms with E-state index in [1.807, 2.05) is 36.1 Å². The molecule has 1 saturated carbocycles. The summed E-state index contributed by atoms with van der Waals surface area (Å²) in [7, 11) is 0.